The van der Waals surface area contributed by atoms with Gasteiger partial charge in [0.05, 0.1) is 9.79 Å². The molecule has 1 saturated heterocycles. The molecule has 3 rings (SSSR count). The normalized spacial score (nSPS) is 21.3. The third-order valence-electron chi connectivity index (χ3n) is 4.33. The van der Waals surface area contributed by atoms with Gasteiger partial charge in [0.1, 0.15) is 0 Å². The van der Waals surface area contributed by atoms with E-state index in [1.54, 1.807) is 0 Å². The lowest BCUT2D eigenvalue weighted by atomic mass is 9.95. The summed E-state index contributed by atoms with van der Waals surface area (Å²) in [7, 11) is -7.84. The van der Waals surface area contributed by atoms with Gasteiger partial charge in [-0.05, 0) is 23.8 Å². The largest absolute Gasteiger partial charge is 0.326 e. The third-order valence-corrected chi connectivity index (χ3v) is 7.07. The Labute approximate surface area is 159 Å². The molecule has 1 aliphatic heterocycles. The molecule has 2 atom stereocenters. The monoisotopic (exact) mass is 417 g/mol. The predicted molar refractivity (Wildman–Crippen MR) is 101 cm³/mol. The van der Waals surface area contributed by atoms with Gasteiger partial charge in [0.15, 0.2) is 0 Å². The van der Waals surface area contributed by atoms with Crippen molar-refractivity contribution >= 4 is 32.5 Å². The predicted octanol–water partition coefficient (Wildman–Crippen LogP) is 0.871. The first-order chi connectivity index (χ1) is 11.7. The molecule has 2 aromatic carbocycles. The minimum atomic E-state index is -3.98. The molecule has 10 heteroatoms. The van der Waals surface area contributed by atoms with E-state index in [1.807, 2.05) is 30.3 Å². The molecular formula is C16H20ClN3O4S2. The van der Waals surface area contributed by atoms with Gasteiger partial charge in [-0.25, -0.2) is 22.0 Å². The van der Waals surface area contributed by atoms with Crippen LogP contribution in [0.4, 0.5) is 0 Å². The molecule has 2 aromatic rings. The van der Waals surface area contributed by atoms with Gasteiger partial charge in [0, 0.05) is 25.0 Å². The van der Waals surface area contributed by atoms with Gasteiger partial charge >= 0.3 is 0 Å². The molecule has 142 valence electrons. The Bertz CT molecular complexity index is 982. The zero-order chi connectivity index (χ0) is 18.2. The van der Waals surface area contributed by atoms with Crippen LogP contribution in [0.2, 0.25) is 0 Å². The molecule has 1 fully saturated rings. The highest BCUT2D eigenvalue weighted by atomic mass is 35.5. The third kappa shape index (κ3) is 4.08. The van der Waals surface area contributed by atoms with Crippen LogP contribution in [-0.4, -0.2) is 40.3 Å². The first-order valence-corrected chi connectivity index (χ1v) is 10.6. The minimum absolute atomic E-state index is 0. The maximum atomic E-state index is 12.9. The second-order valence-electron chi connectivity index (χ2n) is 6.02. The number of nitrogens with two attached hydrogens (primary N) is 2. The van der Waals surface area contributed by atoms with Gasteiger partial charge < -0.3 is 5.73 Å². The molecule has 0 amide bonds. The van der Waals surface area contributed by atoms with E-state index in [0.29, 0.717) is 0 Å². The van der Waals surface area contributed by atoms with Gasteiger partial charge in [-0.1, -0.05) is 36.4 Å². The SMILES string of the molecule is Cl.N[C@@H]1CN(S(=O)(=O)c2cccc(S(N)(=O)=O)c2)C[C@H]1c1ccccc1. The lowest BCUT2D eigenvalue weighted by Crippen LogP contribution is -2.32. The number of hydrogen-bond acceptors (Lipinski definition) is 5. The highest BCUT2D eigenvalue weighted by Crippen LogP contribution is 2.30. The number of halogens is 1. The molecule has 0 aromatic heterocycles. The molecule has 0 unspecified atom stereocenters. The summed E-state index contributed by atoms with van der Waals surface area (Å²) in [4.78, 5) is -0.350. The molecule has 0 bridgehead atoms. The smallest absolute Gasteiger partial charge is 0.243 e. The Hall–Kier alpha value is -1.49. The Morgan fingerprint density at radius 1 is 0.885 bits per heavy atom. The maximum absolute atomic E-state index is 12.9. The van der Waals surface area contributed by atoms with Gasteiger partial charge in [0.25, 0.3) is 0 Å². The molecule has 4 N–H and O–H groups in total. The zero-order valence-corrected chi connectivity index (χ0v) is 16.2. The second-order valence-corrected chi connectivity index (χ2v) is 9.52. The van der Waals surface area contributed by atoms with Crippen LogP contribution in [0.3, 0.4) is 0 Å². The quantitative estimate of drug-likeness (QED) is 0.763. The topological polar surface area (TPSA) is 124 Å². The molecule has 0 aliphatic carbocycles. The van der Waals surface area contributed by atoms with Gasteiger partial charge in [0.2, 0.25) is 20.0 Å². The summed E-state index contributed by atoms with van der Waals surface area (Å²) in [6.45, 7) is 0.411. The lowest BCUT2D eigenvalue weighted by molar-refractivity contribution is 0.470. The number of hydrogen-bond donors (Lipinski definition) is 2. The highest BCUT2D eigenvalue weighted by Gasteiger charge is 2.38. The van der Waals surface area contributed by atoms with Crippen molar-refractivity contribution in [3.05, 3.63) is 60.2 Å². The van der Waals surface area contributed by atoms with Crippen LogP contribution in [0, 0.1) is 0 Å². The average Bonchev–Trinajstić information content (AvgIpc) is 2.98. The molecular weight excluding hydrogens is 398 g/mol. The van der Waals surface area contributed by atoms with Crippen LogP contribution in [0.15, 0.2) is 64.4 Å². The number of benzene rings is 2. The van der Waals surface area contributed by atoms with Crippen LogP contribution in [-0.2, 0) is 20.0 Å². The molecule has 0 spiro atoms. The lowest BCUT2D eigenvalue weighted by Gasteiger charge is -2.17. The van der Waals surface area contributed by atoms with Crippen molar-refractivity contribution in [2.75, 3.05) is 13.1 Å². The van der Waals surface area contributed by atoms with E-state index >= 15 is 0 Å². The fourth-order valence-corrected chi connectivity index (χ4v) is 5.19. The summed E-state index contributed by atoms with van der Waals surface area (Å²) in [6, 6.07) is 14.2. The van der Waals surface area contributed by atoms with E-state index in [1.165, 1.54) is 22.5 Å². The van der Waals surface area contributed by atoms with Crippen molar-refractivity contribution in [3.63, 3.8) is 0 Å². The summed E-state index contributed by atoms with van der Waals surface area (Å²) >= 11 is 0. The van der Waals surface area contributed by atoms with Gasteiger partial charge in [-0.15, -0.1) is 12.4 Å². The molecule has 1 heterocycles. The Morgan fingerprint density at radius 3 is 2.12 bits per heavy atom. The van der Waals surface area contributed by atoms with Crippen molar-refractivity contribution in [1.82, 2.24) is 4.31 Å². The number of nitrogens with zero attached hydrogens (tertiary/aromatic N) is 1. The average molecular weight is 418 g/mol. The first-order valence-electron chi connectivity index (χ1n) is 7.63. The van der Waals surface area contributed by atoms with Crippen LogP contribution >= 0.6 is 12.4 Å². The van der Waals surface area contributed by atoms with Crippen molar-refractivity contribution in [3.8, 4) is 0 Å². The van der Waals surface area contributed by atoms with Crippen LogP contribution in [0.1, 0.15) is 11.5 Å². The Morgan fingerprint density at radius 2 is 1.50 bits per heavy atom. The number of sulfonamides is 2. The minimum Gasteiger partial charge on any atom is -0.326 e. The summed E-state index contributed by atoms with van der Waals surface area (Å²) < 4.78 is 50.0. The van der Waals surface area contributed by atoms with Crippen molar-refractivity contribution < 1.29 is 16.8 Å². The summed E-state index contributed by atoms with van der Waals surface area (Å²) in [5.74, 6) is -0.114. The molecule has 26 heavy (non-hydrogen) atoms. The summed E-state index contributed by atoms with van der Waals surface area (Å²) in [5, 5.41) is 5.09. The fourth-order valence-electron chi connectivity index (χ4n) is 3.00. The Balaban J connectivity index is 0.00000243. The summed E-state index contributed by atoms with van der Waals surface area (Å²) in [6.07, 6.45) is 0. The van der Waals surface area contributed by atoms with Crippen LogP contribution in [0.5, 0.6) is 0 Å². The fraction of sp³-hybridized carbons (Fsp3) is 0.250. The van der Waals surface area contributed by atoms with E-state index in [0.717, 1.165) is 11.6 Å². The van der Waals surface area contributed by atoms with Crippen LogP contribution in [0.25, 0.3) is 0 Å². The van der Waals surface area contributed by atoms with Gasteiger partial charge in [-0.2, -0.15) is 4.31 Å². The zero-order valence-electron chi connectivity index (χ0n) is 13.7. The molecule has 1 aliphatic rings. The van der Waals surface area contributed by atoms with Gasteiger partial charge in [-0.3, -0.25) is 0 Å². The maximum Gasteiger partial charge on any atom is 0.243 e. The summed E-state index contributed by atoms with van der Waals surface area (Å²) in [5.41, 5.74) is 7.13. The second kappa shape index (κ2) is 7.63. The first kappa shape index (κ1) is 20.8. The molecule has 0 radical (unpaired) electrons. The number of primary sulfonamides is 1. The molecule has 0 saturated carbocycles. The standard InChI is InChI=1S/C16H19N3O4S2.ClH/c17-16-11-19(10-15(16)12-5-2-1-3-6-12)25(22,23)14-8-4-7-13(9-14)24(18,20)21;/h1-9,15-16H,10-11,17H2,(H2,18,20,21);1H/t15-,16+;/m0./s1. The van der Waals surface area contributed by atoms with E-state index in [9.17, 15) is 16.8 Å². The molecule has 7 nitrogen and oxygen atoms in total. The highest BCUT2D eigenvalue weighted by molar-refractivity contribution is 7.90. The van der Waals surface area contributed by atoms with Crippen LogP contribution < -0.4 is 10.9 Å². The van der Waals surface area contributed by atoms with E-state index < -0.39 is 20.0 Å². The van der Waals surface area contributed by atoms with E-state index in [-0.39, 0.29) is 47.2 Å². The van der Waals surface area contributed by atoms with Crippen molar-refractivity contribution in [2.45, 2.75) is 21.8 Å². The van der Waals surface area contributed by atoms with E-state index in [2.05, 4.69) is 0 Å². The number of rotatable bonds is 4. The van der Waals surface area contributed by atoms with Crippen molar-refractivity contribution in [1.29, 1.82) is 0 Å². The Kier molecular flexibility index (Phi) is 6.11. The van der Waals surface area contributed by atoms with Crippen molar-refractivity contribution in [2.24, 2.45) is 10.9 Å². The van der Waals surface area contributed by atoms with E-state index in [4.69, 9.17) is 10.9 Å².